The van der Waals surface area contributed by atoms with Crippen LogP contribution in [0, 0.1) is 0 Å². The number of Topliss-reactive ketones (excluding diaryl/α,β-unsaturated/α-hetero) is 1. The molecule has 0 bridgehead atoms. The SMILES string of the molecule is O=C(c1ccccc1)C1(O)CCCCC1.O=C1c2ccccc2C(=O)c2ccccc21. The molecule has 3 aromatic carbocycles. The molecule has 0 saturated heterocycles. The number of rotatable bonds is 2. The summed E-state index contributed by atoms with van der Waals surface area (Å²) in [6, 6.07) is 23.0. The first-order valence-electron chi connectivity index (χ1n) is 10.6. The smallest absolute Gasteiger partial charge is 0.194 e. The van der Waals surface area contributed by atoms with Gasteiger partial charge in [0.25, 0.3) is 0 Å². The molecule has 156 valence electrons. The minimum Gasteiger partial charge on any atom is -0.382 e. The van der Waals surface area contributed by atoms with Crippen LogP contribution in [0.2, 0.25) is 0 Å². The number of hydrogen-bond donors (Lipinski definition) is 1. The topological polar surface area (TPSA) is 71.4 Å². The van der Waals surface area contributed by atoms with E-state index in [9.17, 15) is 19.5 Å². The van der Waals surface area contributed by atoms with Gasteiger partial charge in [-0.15, -0.1) is 0 Å². The van der Waals surface area contributed by atoms with Crippen molar-refractivity contribution in [3.8, 4) is 0 Å². The number of carbonyl (C=O) groups excluding carboxylic acids is 3. The number of ketones is 3. The van der Waals surface area contributed by atoms with E-state index < -0.39 is 5.60 Å². The number of benzene rings is 3. The summed E-state index contributed by atoms with van der Waals surface area (Å²) in [4.78, 5) is 36.3. The quantitative estimate of drug-likeness (QED) is 0.469. The fraction of sp³-hybridized carbons (Fsp3) is 0.222. The highest BCUT2D eigenvalue weighted by atomic mass is 16.3. The van der Waals surface area contributed by atoms with Gasteiger partial charge in [-0.1, -0.05) is 98.1 Å². The van der Waals surface area contributed by atoms with E-state index in [0.29, 0.717) is 40.7 Å². The molecular weight excluding hydrogens is 388 g/mol. The summed E-state index contributed by atoms with van der Waals surface area (Å²) < 4.78 is 0. The molecular formula is C27H24O4. The van der Waals surface area contributed by atoms with Crippen LogP contribution in [0.5, 0.6) is 0 Å². The van der Waals surface area contributed by atoms with E-state index in [1.807, 2.05) is 18.2 Å². The third-order valence-electron chi connectivity index (χ3n) is 5.97. The zero-order valence-corrected chi connectivity index (χ0v) is 17.2. The first kappa shape index (κ1) is 20.9. The lowest BCUT2D eigenvalue weighted by molar-refractivity contribution is 0.0116. The Kier molecular flexibility index (Phi) is 5.92. The normalized spacial score (nSPS) is 16.4. The van der Waals surface area contributed by atoms with Crippen molar-refractivity contribution in [2.24, 2.45) is 0 Å². The second-order valence-corrected chi connectivity index (χ2v) is 8.04. The van der Waals surface area contributed by atoms with Crippen molar-refractivity contribution >= 4 is 17.3 Å². The first-order valence-corrected chi connectivity index (χ1v) is 10.6. The van der Waals surface area contributed by atoms with Crippen LogP contribution >= 0.6 is 0 Å². The van der Waals surface area contributed by atoms with Crippen LogP contribution < -0.4 is 0 Å². The molecule has 31 heavy (non-hydrogen) atoms. The van der Waals surface area contributed by atoms with Crippen LogP contribution in [-0.4, -0.2) is 28.1 Å². The predicted octanol–water partition coefficient (Wildman–Crippen LogP) is 5.03. The lowest BCUT2D eigenvalue weighted by Gasteiger charge is -2.30. The zero-order valence-electron chi connectivity index (χ0n) is 17.2. The Morgan fingerprint density at radius 1 is 0.613 bits per heavy atom. The molecule has 2 aliphatic carbocycles. The average molecular weight is 412 g/mol. The molecule has 0 heterocycles. The molecule has 5 rings (SSSR count). The van der Waals surface area contributed by atoms with Gasteiger partial charge in [-0.2, -0.15) is 0 Å². The monoisotopic (exact) mass is 412 g/mol. The summed E-state index contributed by atoms with van der Waals surface area (Å²) in [7, 11) is 0. The second kappa shape index (κ2) is 8.78. The first-order chi connectivity index (χ1) is 15.0. The van der Waals surface area contributed by atoms with E-state index in [2.05, 4.69) is 0 Å². The third-order valence-corrected chi connectivity index (χ3v) is 5.97. The molecule has 1 saturated carbocycles. The molecule has 1 fully saturated rings. The molecule has 0 spiro atoms. The Morgan fingerprint density at radius 3 is 1.42 bits per heavy atom. The molecule has 1 N–H and O–H groups in total. The number of aliphatic hydroxyl groups is 1. The van der Waals surface area contributed by atoms with Gasteiger partial charge in [0.15, 0.2) is 17.3 Å². The zero-order chi connectivity index (χ0) is 21.8. The predicted molar refractivity (Wildman–Crippen MR) is 119 cm³/mol. The van der Waals surface area contributed by atoms with Gasteiger partial charge < -0.3 is 5.11 Å². The number of hydrogen-bond acceptors (Lipinski definition) is 4. The summed E-state index contributed by atoms with van der Waals surface area (Å²) in [5.74, 6) is -0.237. The molecule has 4 nitrogen and oxygen atoms in total. The molecule has 4 heteroatoms. The maximum Gasteiger partial charge on any atom is 0.194 e. The van der Waals surface area contributed by atoms with Gasteiger partial charge in [0.2, 0.25) is 0 Å². The maximum absolute atomic E-state index is 12.1. The summed E-state index contributed by atoms with van der Waals surface area (Å²) in [5.41, 5.74) is 1.55. The fourth-order valence-electron chi connectivity index (χ4n) is 4.27. The van der Waals surface area contributed by atoms with E-state index in [0.717, 1.165) is 19.3 Å². The summed E-state index contributed by atoms with van der Waals surface area (Å²) in [5, 5.41) is 10.2. The van der Waals surface area contributed by atoms with E-state index in [1.165, 1.54) is 0 Å². The largest absolute Gasteiger partial charge is 0.382 e. The van der Waals surface area contributed by atoms with Crippen molar-refractivity contribution in [1.82, 2.24) is 0 Å². The van der Waals surface area contributed by atoms with Crippen LogP contribution in [0.15, 0.2) is 78.9 Å². The van der Waals surface area contributed by atoms with Crippen LogP contribution in [0.4, 0.5) is 0 Å². The molecule has 3 aromatic rings. The van der Waals surface area contributed by atoms with Crippen LogP contribution in [0.3, 0.4) is 0 Å². The Hall–Kier alpha value is -3.37. The fourth-order valence-corrected chi connectivity index (χ4v) is 4.27. The van der Waals surface area contributed by atoms with Gasteiger partial charge in [-0.05, 0) is 12.8 Å². The van der Waals surface area contributed by atoms with E-state index in [4.69, 9.17) is 0 Å². The van der Waals surface area contributed by atoms with Crippen molar-refractivity contribution in [3.63, 3.8) is 0 Å². The van der Waals surface area contributed by atoms with Crippen LogP contribution in [-0.2, 0) is 0 Å². The van der Waals surface area contributed by atoms with Crippen LogP contribution in [0.25, 0.3) is 0 Å². The summed E-state index contributed by atoms with van der Waals surface area (Å²) in [6.07, 6.45) is 4.26. The van der Waals surface area contributed by atoms with Crippen molar-refractivity contribution in [2.75, 3.05) is 0 Å². The number of carbonyl (C=O) groups is 3. The highest BCUT2D eigenvalue weighted by Gasteiger charge is 2.37. The highest BCUT2D eigenvalue weighted by molar-refractivity contribution is 6.28. The molecule has 0 aliphatic heterocycles. The van der Waals surface area contributed by atoms with Crippen molar-refractivity contribution in [1.29, 1.82) is 0 Å². The Labute approximate surface area is 181 Å². The summed E-state index contributed by atoms with van der Waals surface area (Å²) >= 11 is 0. The van der Waals surface area contributed by atoms with Gasteiger partial charge in [0.05, 0.1) is 0 Å². The van der Waals surface area contributed by atoms with E-state index in [-0.39, 0.29) is 17.3 Å². The third kappa shape index (κ3) is 4.12. The van der Waals surface area contributed by atoms with Gasteiger partial charge in [0, 0.05) is 27.8 Å². The molecule has 0 unspecified atom stereocenters. The van der Waals surface area contributed by atoms with E-state index in [1.54, 1.807) is 60.7 Å². The van der Waals surface area contributed by atoms with Gasteiger partial charge >= 0.3 is 0 Å². The molecule has 2 aliphatic rings. The van der Waals surface area contributed by atoms with Crippen molar-refractivity contribution in [2.45, 2.75) is 37.7 Å². The Morgan fingerprint density at radius 2 is 1.00 bits per heavy atom. The molecule has 0 amide bonds. The standard InChI is InChI=1S/C14H8O2.C13H16O2/c15-13-9-5-1-2-6-10(9)14(16)12-8-4-3-7-11(12)13;14-12(11-7-3-1-4-8-11)13(15)9-5-2-6-10-13/h1-8H;1,3-4,7-8,15H,2,5-6,9-10H2. The molecule has 0 radical (unpaired) electrons. The summed E-state index contributed by atoms with van der Waals surface area (Å²) in [6.45, 7) is 0. The lowest BCUT2D eigenvalue weighted by atomic mass is 9.79. The minimum absolute atomic E-state index is 0.0641. The Bertz CT molecular complexity index is 1020. The average Bonchev–Trinajstić information content (AvgIpc) is 2.83. The lowest BCUT2D eigenvalue weighted by Crippen LogP contribution is -2.40. The van der Waals surface area contributed by atoms with E-state index >= 15 is 0 Å². The minimum atomic E-state index is -1.10. The van der Waals surface area contributed by atoms with Gasteiger partial charge in [-0.25, -0.2) is 0 Å². The van der Waals surface area contributed by atoms with Gasteiger partial charge in [-0.3, -0.25) is 14.4 Å². The van der Waals surface area contributed by atoms with Gasteiger partial charge in [0.1, 0.15) is 5.60 Å². The van der Waals surface area contributed by atoms with Crippen molar-refractivity contribution in [3.05, 3.63) is 107 Å². The second-order valence-electron chi connectivity index (χ2n) is 8.04. The highest BCUT2D eigenvalue weighted by Crippen LogP contribution is 2.31. The maximum atomic E-state index is 12.1. The van der Waals surface area contributed by atoms with Crippen molar-refractivity contribution < 1.29 is 19.5 Å². The Balaban J connectivity index is 0.000000150. The van der Waals surface area contributed by atoms with Crippen LogP contribution in [0.1, 0.15) is 74.3 Å². The molecule has 0 aromatic heterocycles. The molecule has 0 atom stereocenters. The number of fused-ring (bicyclic) bond motifs is 2.